The smallest absolute Gasteiger partial charge is 0.184 e. The SMILES string of the molecule is CCCCCCCCOc1c2c(cc(-c3ccoc3)c1OC)C(CCCCCC)=[N+](Cc1cc(F)ccc1F)CC2. The Bertz CT molecular complexity index is 1280. The molecule has 222 valence electrons. The quantitative estimate of drug-likeness (QED) is 0.121. The van der Waals surface area contributed by atoms with Gasteiger partial charge < -0.3 is 13.9 Å². The van der Waals surface area contributed by atoms with Crippen LogP contribution in [0.1, 0.15) is 101 Å². The number of hydrogen-bond acceptors (Lipinski definition) is 3. The molecule has 0 N–H and O–H groups in total. The van der Waals surface area contributed by atoms with Crippen molar-refractivity contribution in [3.05, 3.63) is 71.2 Å². The Morgan fingerprint density at radius 1 is 0.854 bits per heavy atom. The number of furan rings is 1. The predicted octanol–water partition coefficient (Wildman–Crippen LogP) is 9.50. The molecule has 4 rings (SSSR count). The van der Waals surface area contributed by atoms with Gasteiger partial charge in [0, 0.05) is 35.1 Å². The van der Waals surface area contributed by atoms with Crippen LogP contribution in [-0.2, 0) is 13.0 Å². The second kappa shape index (κ2) is 15.7. The first-order valence-electron chi connectivity index (χ1n) is 15.5. The summed E-state index contributed by atoms with van der Waals surface area (Å²) in [6.45, 7) is 6.10. The molecule has 0 fully saturated rings. The Morgan fingerprint density at radius 2 is 1.61 bits per heavy atom. The largest absolute Gasteiger partial charge is 0.492 e. The highest BCUT2D eigenvalue weighted by Crippen LogP contribution is 2.44. The molecule has 0 amide bonds. The summed E-state index contributed by atoms with van der Waals surface area (Å²) in [6, 6.07) is 7.83. The third-order valence-electron chi connectivity index (χ3n) is 8.08. The van der Waals surface area contributed by atoms with Crippen LogP contribution in [-0.4, -0.2) is 30.5 Å². The van der Waals surface area contributed by atoms with Crippen LogP contribution in [0.2, 0.25) is 0 Å². The Balaban J connectivity index is 1.74. The molecule has 1 aliphatic heterocycles. The number of unbranched alkanes of at least 4 members (excludes halogenated alkanes) is 8. The van der Waals surface area contributed by atoms with E-state index in [0.29, 0.717) is 25.3 Å². The molecule has 0 spiro atoms. The van der Waals surface area contributed by atoms with E-state index >= 15 is 0 Å². The highest BCUT2D eigenvalue weighted by Gasteiger charge is 2.32. The highest BCUT2D eigenvalue weighted by atomic mass is 19.1. The van der Waals surface area contributed by atoms with E-state index in [2.05, 4.69) is 24.5 Å². The number of halogens is 2. The van der Waals surface area contributed by atoms with Crippen LogP contribution >= 0.6 is 0 Å². The van der Waals surface area contributed by atoms with E-state index in [1.54, 1.807) is 19.6 Å². The standard InChI is InChI=1S/C35H46F2NO3/c1-4-6-8-10-11-13-20-41-35-29-17-19-38(24-27-22-28(36)15-16-32(27)37)33(14-12-9-7-5-2)31(29)23-30(34(35)39-3)26-18-21-40-25-26/h15-16,18,21-23,25H,4-14,17,19-20,24H2,1-3H3/q+1. The molecule has 0 atom stereocenters. The lowest BCUT2D eigenvalue weighted by Gasteiger charge is -2.25. The van der Waals surface area contributed by atoms with Gasteiger partial charge in [-0.3, -0.25) is 0 Å². The zero-order chi connectivity index (χ0) is 29.0. The number of rotatable bonds is 17. The normalized spacial score (nSPS) is 13.0. The minimum atomic E-state index is -0.416. The first-order valence-corrected chi connectivity index (χ1v) is 15.5. The van der Waals surface area contributed by atoms with E-state index in [1.165, 1.54) is 50.3 Å². The van der Waals surface area contributed by atoms with Gasteiger partial charge in [-0.25, -0.2) is 13.4 Å². The van der Waals surface area contributed by atoms with Crippen LogP contribution < -0.4 is 9.47 Å². The van der Waals surface area contributed by atoms with Crippen molar-refractivity contribution in [2.75, 3.05) is 20.3 Å². The van der Waals surface area contributed by atoms with Gasteiger partial charge in [0.2, 0.25) is 0 Å². The molecule has 0 saturated carbocycles. The Kier molecular flexibility index (Phi) is 11.8. The maximum atomic E-state index is 14.7. The number of methoxy groups -OCH3 is 1. The zero-order valence-corrected chi connectivity index (χ0v) is 25.1. The predicted molar refractivity (Wildman–Crippen MR) is 161 cm³/mol. The molecule has 1 aliphatic rings. The Hall–Kier alpha value is -3.15. The first-order chi connectivity index (χ1) is 20.1. The van der Waals surface area contributed by atoms with Gasteiger partial charge in [0.05, 0.1) is 31.8 Å². The van der Waals surface area contributed by atoms with Crippen LogP contribution in [0.3, 0.4) is 0 Å². The fourth-order valence-electron chi connectivity index (χ4n) is 5.84. The van der Waals surface area contributed by atoms with Crippen molar-refractivity contribution in [2.24, 2.45) is 0 Å². The summed E-state index contributed by atoms with van der Waals surface area (Å²) in [5.41, 5.74) is 5.63. The molecule has 0 aliphatic carbocycles. The van der Waals surface area contributed by atoms with Gasteiger partial charge in [-0.15, -0.1) is 0 Å². The van der Waals surface area contributed by atoms with Gasteiger partial charge in [-0.2, -0.15) is 0 Å². The Morgan fingerprint density at radius 3 is 2.34 bits per heavy atom. The number of benzene rings is 2. The van der Waals surface area contributed by atoms with Gasteiger partial charge in [-0.1, -0.05) is 65.2 Å². The lowest BCUT2D eigenvalue weighted by molar-refractivity contribution is -0.546. The number of ether oxygens (including phenoxy) is 2. The maximum Gasteiger partial charge on any atom is 0.184 e. The van der Waals surface area contributed by atoms with Crippen molar-refractivity contribution >= 4 is 5.71 Å². The summed E-state index contributed by atoms with van der Waals surface area (Å²) in [6.07, 6.45) is 16.6. The zero-order valence-electron chi connectivity index (χ0n) is 25.1. The molecule has 1 aromatic heterocycles. The van der Waals surface area contributed by atoms with Gasteiger partial charge >= 0.3 is 0 Å². The van der Waals surface area contributed by atoms with E-state index in [0.717, 1.165) is 84.4 Å². The second-order valence-corrected chi connectivity index (χ2v) is 11.1. The first kappa shape index (κ1) is 30.8. The third-order valence-corrected chi connectivity index (χ3v) is 8.08. The molecule has 4 nitrogen and oxygen atoms in total. The lowest BCUT2D eigenvalue weighted by Crippen LogP contribution is -2.31. The molecule has 0 saturated heterocycles. The summed E-state index contributed by atoms with van der Waals surface area (Å²) in [5, 5.41) is 0. The molecule has 0 bridgehead atoms. The van der Waals surface area contributed by atoms with Gasteiger partial charge in [0.25, 0.3) is 0 Å². The third kappa shape index (κ3) is 7.99. The fourth-order valence-corrected chi connectivity index (χ4v) is 5.84. The van der Waals surface area contributed by atoms with Crippen LogP contribution in [0.4, 0.5) is 8.78 Å². The van der Waals surface area contributed by atoms with Gasteiger partial charge in [-0.05, 0) is 43.2 Å². The van der Waals surface area contributed by atoms with Gasteiger partial charge in [0.15, 0.2) is 23.8 Å². The van der Waals surface area contributed by atoms with Crippen LogP contribution in [0.25, 0.3) is 11.1 Å². The Labute approximate surface area is 244 Å². The van der Waals surface area contributed by atoms with E-state index in [-0.39, 0.29) is 5.82 Å². The topological polar surface area (TPSA) is 34.6 Å². The molecule has 2 heterocycles. The van der Waals surface area contributed by atoms with Crippen molar-refractivity contribution in [1.82, 2.24) is 0 Å². The molecule has 41 heavy (non-hydrogen) atoms. The van der Waals surface area contributed by atoms with Crippen LogP contribution in [0, 0.1) is 11.6 Å². The molecule has 3 aromatic rings. The summed E-state index contributed by atoms with van der Waals surface area (Å²) in [5.74, 6) is 0.739. The average Bonchev–Trinajstić information content (AvgIpc) is 3.52. The number of fused-ring (bicyclic) bond motifs is 1. The van der Waals surface area contributed by atoms with Crippen molar-refractivity contribution < 1.29 is 27.2 Å². The van der Waals surface area contributed by atoms with Crippen LogP contribution in [0.5, 0.6) is 11.5 Å². The van der Waals surface area contributed by atoms with E-state index in [1.807, 2.05) is 6.07 Å². The molecule has 2 aromatic carbocycles. The maximum absolute atomic E-state index is 14.7. The minimum absolute atomic E-state index is 0.327. The number of nitrogens with zero attached hydrogens (tertiary/aromatic N) is 1. The van der Waals surface area contributed by atoms with E-state index in [9.17, 15) is 8.78 Å². The summed E-state index contributed by atoms with van der Waals surface area (Å²) < 4.78 is 49.0. The van der Waals surface area contributed by atoms with Crippen molar-refractivity contribution in [3.8, 4) is 22.6 Å². The highest BCUT2D eigenvalue weighted by molar-refractivity contribution is 6.01. The fraction of sp³-hybridized carbons (Fsp3) is 0.514. The molecular formula is C35H46F2NO3+. The van der Waals surface area contributed by atoms with E-state index in [4.69, 9.17) is 13.9 Å². The summed E-state index contributed by atoms with van der Waals surface area (Å²) in [7, 11) is 1.69. The van der Waals surface area contributed by atoms with Gasteiger partial charge in [0.1, 0.15) is 18.2 Å². The molecule has 0 radical (unpaired) electrons. The van der Waals surface area contributed by atoms with Crippen molar-refractivity contribution in [3.63, 3.8) is 0 Å². The summed E-state index contributed by atoms with van der Waals surface area (Å²) in [4.78, 5) is 0. The van der Waals surface area contributed by atoms with Crippen LogP contribution in [0.15, 0.2) is 47.3 Å². The molecular weight excluding hydrogens is 520 g/mol. The van der Waals surface area contributed by atoms with Crippen molar-refractivity contribution in [1.29, 1.82) is 0 Å². The molecule has 0 unspecified atom stereocenters. The minimum Gasteiger partial charge on any atom is -0.492 e. The lowest BCUT2D eigenvalue weighted by atomic mass is 9.88. The number of hydrogen-bond donors (Lipinski definition) is 0. The molecule has 6 heteroatoms. The second-order valence-electron chi connectivity index (χ2n) is 11.1. The summed E-state index contributed by atoms with van der Waals surface area (Å²) >= 11 is 0. The van der Waals surface area contributed by atoms with E-state index < -0.39 is 5.82 Å². The average molecular weight is 567 g/mol. The monoisotopic (exact) mass is 566 g/mol. The van der Waals surface area contributed by atoms with Crippen molar-refractivity contribution in [2.45, 2.75) is 97.4 Å².